The Morgan fingerprint density at radius 3 is 2.71 bits per heavy atom. The minimum absolute atomic E-state index is 0.172. The summed E-state index contributed by atoms with van der Waals surface area (Å²) in [6.45, 7) is 2.99. The van der Waals surface area contributed by atoms with E-state index < -0.39 is 5.25 Å². The van der Waals surface area contributed by atoms with Crippen molar-refractivity contribution >= 4 is 34.7 Å². The summed E-state index contributed by atoms with van der Waals surface area (Å²) >= 11 is 2.96. The summed E-state index contributed by atoms with van der Waals surface area (Å²) in [4.78, 5) is 14.5. The van der Waals surface area contributed by atoms with Crippen LogP contribution in [-0.4, -0.2) is 32.7 Å². The molecule has 2 heterocycles. The van der Waals surface area contributed by atoms with Crippen LogP contribution in [-0.2, 0) is 11.3 Å². The smallest absolute Gasteiger partial charge is 0.242 e. The van der Waals surface area contributed by atoms with Crippen LogP contribution >= 0.6 is 23.1 Å². The van der Waals surface area contributed by atoms with Crippen molar-refractivity contribution in [3.05, 3.63) is 82.6 Å². The molecule has 9 heteroatoms. The number of para-hydroxylation sites is 2. The second-order valence-electron chi connectivity index (χ2n) is 6.53. The summed E-state index contributed by atoms with van der Waals surface area (Å²) in [5.41, 5.74) is 1.50. The van der Waals surface area contributed by atoms with E-state index in [4.69, 9.17) is 4.74 Å². The molecule has 0 radical (unpaired) electrons. The van der Waals surface area contributed by atoms with Crippen molar-refractivity contribution in [1.82, 2.24) is 20.2 Å². The normalized spacial score (nSPS) is 11.8. The summed E-state index contributed by atoms with van der Waals surface area (Å²) < 4.78 is 7.37. The largest absolute Gasteiger partial charge is 0.492 e. The highest BCUT2D eigenvalue weighted by molar-refractivity contribution is 8.00. The van der Waals surface area contributed by atoms with E-state index in [0.717, 1.165) is 10.4 Å². The Kier molecular flexibility index (Phi) is 6.96. The van der Waals surface area contributed by atoms with E-state index >= 15 is 0 Å². The zero-order chi connectivity index (χ0) is 21.5. The number of tetrazole rings is 1. The average molecular weight is 452 g/mol. The van der Waals surface area contributed by atoms with Gasteiger partial charge in [0.25, 0.3) is 0 Å². The Morgan fingerprint density at radius 2 is 1.94 bits per heavy atom. The number of nitrogens with zero attached hydrogens (tertiary/aromatic N) is 4. The summed E-state index contributed by atoms with van der Waals surface area (Å²) in [5.74, 6) is 0.465. The molecule has 1 atom stereocenters. The third-order valence-electron chi connectivity index (χ3n) is 4.39. The minimum Gasteiger partial charge on any atom is -0.492 e. The molecule has 0 saturated heterocycles. The number of anilines is 1. The summed E-state index contributed by atoms with van der Waals surface area (Å²) in [5, 5.41) is 17.2. The van der Waals surface area contributed by atoms with Crippen LogP contribution < -0.4 is 10.1 Å². The van der Waals surface area contributed by atoms with Gasteiger partial charge in [-0.15, -0.1) is 16.4 Å². The molecule has 4 aromatic rings. The first-order valence-electron chi connectivity index (χ1n) is 9.77. The lowest BCUT2D eigenvalue weighted by Crippen LogP contribution is -2.20. The Morgan fingerprint density at radius 1 is 1.13 bits per heavy atom. The molecule has 2 aromatic heterocycles. The Bertz CT molecular complexity index is 1120. The van der Waals surface area contributed by atoms with Crippen molar-refractivity contribution < 1.29 is 9.53 Å². The zero-order valence-electron chi connectivity index (χ0n) is 16.8. The van der Waals surface area contributed by atoms with Crippen molar-refractivity contribution in [2.24, 2.45) is 0 Å². The second-order valence-corrected chi connectivity index (χ2v) is 8.63. The summed E-state index contributed by atoms with van der Waals surface area (Å²) in [7, 11) is 0. The predicted octanol–water partition coefficient (Wildman–Crippen LogP) is 4.65. The van der Waals surface area contributed by atoms with Gasteiger partial charge in [-0.3, -0.25) is 4.79 Å². The highest BCUT2D eigenvalue weighted by Gasteiger charge is 2.26. The molecular formula is C22H21N5O2S2. The molecule has 0 saturated carbocycles. The third-order valence-corrected chi connectivity index (χ3v) is 6.48. The molecule has 1 unspecified atom stereocenters. The Balaban J connectivity index is 1.59. The van der Waals surface area contributed by atoms with Crippen molar-refractivity contribution in [2.45, 2.75) is 23.9 Å². The molecule has 0 bridgehead atoms. The molecule has 7 nitrogen and oxygen atoms in total. The molecule has 31 heavy (non-hydrogen) atoms. The van der Waals surface area contributed by atoms with Gasteiger partial charge >= 0.3 is 0 Å². The standard InChI is InChI=1S/C22H21N5O2S2/c1-2-29-19-13-7-6-12-18(19)23-21(28)20(16-9-4-3-5-10-16)31-22-24-25-26-27(22)15-17-11-8-14-30-17/h3-14,20H,2,15H2,1H3,(H,23,28). The van der Waals surface area contributed by atoms with Gasteiger partial charge < -0.3 is 10.1 Å². The fraction of sp³-hybridized carbons (Fsp3) is 0.182. The van der Waals surface area contributed by atoms with Crippen molar-refractivity contribution in [2.75, 3.05) is 11.9 Å². The molecule has 4 rings (SSSR count). The topological polar surface area (TPSA) is 81.9 Å². The van der Waals surface area contributed by atoms with Crippen LogP contribution in [0.2, 0.25) is 0 Å². The van der Waals surface area contributed by atoms with Gasteiger partial charge in [0, 0.05) is 4.88 Å². The van der Waals surface area contributed by atoms with Gasteiger partial charge in [0.15, 0.2) is 0 Å². The Labute approximate surface area is 188 Å². The van der Waals surface area contributed by atoms with Crippen LogP contribution in [0.25, 0.3) is 0 Å². The average Bonchev–Trinajstić information content (AvgIpc) is 3.46. The molecule has 1 amide bonds. The molecule has 0 spiro atoms. The van der Waals surface area contributed by atoms with E-state index in [-0.39, 0.29) is 5.91 Å². The van der Waals surface area contributed by atoms with Gasteiger partial charge in [0.05, 0.1) is 18.8 Å². The van der Waals surface area contributed by atoms with Crippen LogP contribution in [0.4, 0.5) is 5.69 Å². The number of amides is 1. The van der Waals surface area contributed by atoms with Crippen LogP contribution in [0.3, 0.4) is 0 Å². The van der Waals surface area contributed by atoms with Crippen LogP contribution in [0, 0.1) is 0 Å². The zero-order valence-corrected chi connectivity index (χ0v) is 18.5. The van der Waals surface area contributed by atoms with Gasteiger partial charge in [-0.25, -0.2) is 4.68 Å². The fourth-order valence-corrected chi connectivity index (χ4v) is 4.65. The molecule has 2 aromatic carbocycles. The van der Waals surface area contributed by atoms with Crippen molar-refractivity contribution in [3.8, 4) is 5.75 Å². The number of nitrogens with one attached hydrogen (secondary N) is 1. The second kappa shape index (κ2) is 10.2. The van der Waals surface area contributed by atoms with E-state index in [1.807, 2.05) is 79.0 Å². The number of benzene rings is 2. The number of hydrogen-bond donors (Lipinski definition) is 1. The van der Waals surface area contributed by atoms with E-state index in [0.29, 0.717) is 29.7 Å². The summed E-state index contributed by atoms with van der Waals surface area (Å²) in [6.07, 6.45) is 0. The van der Waals surface area contributed by atoms with Gasteiger partial charge in [0.2, 0.25) is 11.1 Å². The molecule has 0 aliphatic heterocycles. The number of hydrogen-bond acceptors (Lipinski definition) is 7. The molecule has 1 N–H and O–H groups in total. The van der Waals surface area contributed by atoms with Gasteiger partial charge in [-0.1, -0.05) is 60.3 Å². The molecule has 158 valence electrons. The van der Waals surface area contributed by atoms with Crippen LogP contribution in [0.1, 0.15) is 22.6 Å². The Hall–Kier alpha value is -3.17. The molecule has 0 aliphatic carbocycles. The van der Waals surface area contributed by atoms with Gasteiger partial charge in [-0.2, -0.15) is 0 Å². The number of thioether (sulfide) groups is 1. The number of carbonyl (C=O) groups excluding carboxylic acids is 1. The highest BCUT2D eigenvalue weighted by atomic mass is 32.2. The monoisotopic (exact) mass is 451 g/mol. The number of aromatic nitrogens is 4. The molecule has 0 aliphatic rings. The number of rotatable bonds is 9. The quantitative estimate of drug-likeness (QED) is 0.373. The van der Waals surface area contributed by atoms with Gasteiger partial charge in [-0.05, 0) is 46.5 Å². The number of ether oxygens (including phenoxy) is 1. The van der Waals surface area contributed by atoms with Crippen molar-refractivity contribution in [1.29, 1.82) is 0 Å². The fourth-order valence-electron chi connectivity index (χ4n) is 2.99. The van der Waals surface area contributed by atoms with E-state index in [1.54, 1.807) is 16.0 Å². The van der Waals surface area contributed by atoms with E-state index in [1.165, 1.54) is 11.8 Å². The van der Waals surface area contributed by atoms with Gasteiger partial charge in [0.1, 0.15) is 11.0 Å². The lowest BCUT2D eigenvalue weighted by Gasteiger charge is -2.18. The minimum atomic E-state index is -0.538. The maximum Gasteiger partial charge on any atom is 0.242 e. The predicted molar refractivity (Wildman–Crippen MR) is 123 cm³/mol. The van der Waals surface area contributed by atoms with Crippen molar-refractivity contribution in [3.63, 3.8) is 0 Å². The maximum absolute atomic E-state index is 13.4. The maximum atomic E-state index is 13.4. The van der Waals surface area contributed by atoms with E-state index in [2.05, 4.69) is 20.8 Å². The lowest BCUT2D eigenvalue weighted by atomic mass is 10.1. The summed E-state index contributed by atoms with van der Waals surface area (Å²) in [6, 6.07) is 21.1. The van der Waals surface area contributed by atoms with Crippen LogP contribution in [0.5, 0.6) is 5.75 Å². The first-order valence-corrected chi connectivity index (χ1v) is 11.5. The lowest BCUT2D eigenvalue weighted by molar-refractivity contribution is -0.115. The SMILES string of the molecule is CCOc1ccccc1NC(=O)C(Sc1nnnn1Cc1cccs1)c1ccccc1. The number of carbonyl (C=O) groups is 1. The molecular weight excluding hydrogens is 430 g/mol. The van der Waals surface area contributed by atoms with E-state index in [9.17, 15) is 4.79 Å². The highest BCUT2D eigenvalue weighted by Crippen LogP contribution is 2.36. The first-order chi connectivity index (χ1) is 15.2. The number of thiophene rings is 1. The first kappa shape index (κ1) is 21.1. The van der Waals surface area contributed by atoms with Crippen LogP contribution in [0.15, 0.2) is 77.3 Å². The third kappa shape index (κ3) is 5.31. The molecule has 0 fully saturated rings.